The molecule has 0 spiro atoms. The summed E-state index contributed by atoms with van der Waals surface area (Å²) >= 11 is 0. The number of nitrogens with zero attached hydrogens (tertiary/aromatic N) is 2. The summed E-state index contributed by atoms with van der Waals surface area (Å²) in [4.78, 5) is 11.1. The Kier molecular flexibility index (Phi) is 4.37. The molecular formula is C26H18N2O2. The number of benzene rings is 4. The Morgan fingerprint density at radius 3 is 2.27 bits per heavy atom. The minimum absolute atomic E-state index is 0.117. The number of aromatic nitrogens is 1. The van der Waals surface area contributed by atoms with Gasteiger partial charge in [-0.1, -0.05) is 60.7 Å². The van der Waals surface area contributed by atoms with E-state index in [9.17, 15) is 10.1 Å². The minimum Gasteiger partial charge on any atom is -0.317 e. The average molecular weight is 390 g/mol. The van der Waals surface area contributed by atoms with Gasteiger partial charge in [-0.2, -0.15) is 0 Å². The molecule has 4 nitrogen and oxygen atoms in total. The standard InChI is InChI=1S/C26H18N2O2/c29-28(30)26-12-5-4-11-24(26)21-13-14-25-22(17-21)15-16-27(25)23-10-6-9-20(18-23)19-7-2-1-3-8-19/h1-18H. The van der Waals surface area contributed by atoms with Gasteiger partial charge in [0, 0.05) is 23.3 Å². The van der Waals surface area contributed by atoms with Crippen LogP contribution in [0.5, 0.6) is 0 Å². The van der Waals surface area contributed by atoms with Crippen LogP contribution in [0, 0.1) is 10.1 Å². The second-order valence-electron chi connectivity index (χ2n) is 7.15. The van der Waals surface area contributed by atoms with Crippen molar-refractivity contribution in [2.24, 2.45) is 0 Å². The number of hydrogen-bond acceptors (Lipinski definition) is 2. The van der Waals surface area contributed by atoms with Crippen LogP contribution in [0.3, 0.4) is 0 Å². The van der Waals surface area contributed by atoms with E-state index in [1.54, 1.807) is 18.2 Å². The highest BCUT2D eigenvalue weighted by Crippen LogP contribution is 2.33. The topological polar surface area (TPSA) is 48.1 Å². The van der Waals surface area contributed by atoms with Crippen LogP contribution in [0.25, 0.3) is 38.8 Å². The first-order valence-corrected chi connectivity index (χ1v) is 9.71. The third-order valence-electron chi connectivity index (χ3n) is 5.33. The lowest BCUT2D eigenvalue weighted by Gasteiger charge is -2.09. The number of para-hydroxylation sites is 1. The van der Waals surface area contributed by atoms with Gasteiger partial charge in [-0.25, -0.2) is 0 Å². The van der Waals surface area contributed by atoms with E-state index in [4.69, 9.17) is 0 Å². The molecule has 0 aliphatic rings. The van der Waals surface area contributed by atoms with Gasteiger partial charge in [-0.15, -0.1) is 0 Å². The zero-order valence-electron chi connectivity index (χ0n) is 16.1. The van der Waals surface area contributed by atoms with Gasteiger partial charge in [0.2, 0.25) is 0 Å². The van der Waals surface area contributed by atoms with Crippen LogP contribution in [-0.2, 0) is 0 Å². The maximum absolute atomic E-state index is 11.4. The quantitative estimate of drug-likeness (QED) is 0.248. The fourth-order valence-electron chi connectivity index (χ4n) is 3.88. The molecule has 0 atom stereocenters. The molecule has 0 radical (unpaired) electrons. The maximum atomic E-state index is 11.4. The van der Waals surface area contributed by atoms with Crippen LogP contribution in [0.4, 0.5) is 5.69 Å². The molecular weight excluding hydrogens is 372 g/mol. The van der Waals surface area contributed by atoms with Gasteiger partial charge in [0.15, 0.2) is 0 Å². The molecule has 0 aliphatic carbocycles. The predicted octanol–water partition coefficient (Wildman–Crippen LogP) is 6.87. The van der Waals surface area contributed by atoms with Crippen molar-refractivity contribution in [1.29, 1.82) is 0 Å². The van der Waals surface area contributed by atoms with Crippen LogP contribution in [-0.4, -0.2) is 9.49 Å². The Labute approximate surface area is 173 Å². The maximum Gasteiger partial charge on any atom is 0.277 e. The lowest BCUT2D eigenvalue weighted by molar-refractivity contribution is -0.384. The highest BCUT2D eigenvalue weighted by molar-refractivity contribution is 5.88. The first-order chi connectivity index (χ1) is 14.7. The van der Waals surface area contributed by atoms with E-state index in [0.717, 1.165) is 27.7 Å². The van der Waals surface area contributed by atoms with Gasteiger partial charge in [0.1, 0.15) is 0 Å². The Morgan fingerprint density at radius 2 is 1.43 bits per heavy atom. The highest BCUT2D eigenvalue weighted by Gasteiger charge is 2.15. The van der Waals surface area contributed by atoms with Crippen molar-refractivity contribution < 1.29 is 4.92 Å². The Balaban J connectivity index is 1.58. The highest BCUT2D eigenvalue weighted by atomic mass is 16.6. The zero-order chi connectivity index (χ0) is 20.5. The second kappa shape index (κ2) is 7.33. The lowest BCUT2D eigenvalue weighted by Crippen LogP contribution is -1.93. The largest absolute Gasteiger partial charge is 0.317 e. The lowest BCUT2D eigenvalue weighted by atomic mass is 10.0. The van der Waals surface area contributed by atoms with Gasteiger partial charge in [0.25, 0.3) is 5.69 Å². The van der Waals surface area contributed by atoms with Crippen LogP contribution in [0.15, 0.2) is 109 Å². The summed E-state index contributed by atoms with van der Waals surface area (Å²) < 4.78 is 2.14. The first-order valence-electron chi connectivity index (χ1n) is 9.71. The molecule has 4 heteroatoms. The molecule has 0 aliphatic heterocycles. The molecule has 0 bridgehead atoms. The fraction of sp³-hybridized carbons (Fsp3) is 0. The van der Waals surface area contributed by atoms with Crippen LogP contribution >= 0.6 is 0 Å². The van der Waals surface area contributed by atoms with Gasteiger partial charge < -0.3 is 4.57 Å². The summed E-state index contributed by atoms with van der Waals surface area (Å²) in [5, 5.41) is 12.4. The predicted molar refractivity (Wildman–Crippen MR) is 121 cm³/mol. The summed E-state index contributed by atoms with van der Waals surface area (Å²) in [7, 11) is 0. The van der Waals surface area contributed by atoms with Crippen molar-refractivity contribution in [2.45, 2.75) is 0 Å². The third kappa shape index (κ3) is 3.14. The van der Waals surface area contributed by atoms with E-state index in [-0.39, 0.29) is 10.6 Å². The molecule has 0 unspecified atom stereocenters. The molecule has 0 saturated heterocycles. The molecule has 0 saturated carbocycles. The summed E-state index contributed by atoms with van der Waals surface area (Å²) in [6.07, 6.45) is 2.04. The Morgan fingerprint density at radius 1 is 0.667 bits per heavy atom. The molecule has 0 amide bonds. The molecule has 5 aromatic rings. The average Bonchev–Trinajstić information content (AvgIpc) is 3.23. The van der Waals surface area contributed by atoms with Crippen LogP contribution in [0.1, 0.15) is 0 Å². The van der Waals surface area contributed by atoms with Crippen molar-refractivity contribution >= 4 is 16.6 Å². The van der Waals surface area contributed by atoms with E-state index in [2.05, 4.69) is 41.0 Å². The summed E-state index contributed by atoms with van der Waals surface area (Å²) in [6, 6.07) is 33.6. The Bertz CT molecular complexity index is 1370. The molecule has 4 aromatic carbocycles. The van der Waals surface area contributed by atoms with Gasteiger partial charge >= 0.3 is 0 Å². The second-order valence-corrected chi connectivity index (χ2v) is 7.15. The van der Waals surface area contributed by atoms with Crippen molar-refractivity contribution in [3.63, 3.8) is 0 Å². The van der Waals surface area contributed by atoms with Crippen molar-refractivity contribution in [3.8, 4) is 27.9 Å². The fourth-order valence-corrected chi connectivity index (χ4v) is 3.88. The zero-order valence-corrected chi connectivity index (χ0v) is 16.1. The SMILES string of the molecule is O=[N+]([O-])c1ccccc1-c1ccc2c(ccn2-c2cccc(-c3ccccc3)c2)c1. The molecule has 144 valence electrons. The van der Waals surface area contributed by atoms with E-state index in [1.165, 1.54) is 5.56 Å². The molecule has 5 rings (SSSR count). The van der Waals surface area contributed by atoms with Crippen LogP contribution < -0.4 is 0 Å². The van der Waals surface area contributed by atoms with Crippen molar-refractivity contribution in [1.82, 2.24) is 4.57 Å². The van der Waals surface area contributed by atoms with Crippen LogP contribution in [0.2, 0.25) is 0 Å². The number of nitro benzene ring substituents is 1. The summed E-state index contributed by atoms with van der Waals surface area (Å²) in [6.45, 7) is 0. The molecule has 1 heterocycles. The Hall–Kier alpha value is -4.18. The van der Waals surface area contributed by atoms with Gasteiger partial charge in [-0.3, -0.25) is 10.1 Å². The number of fused-ring (bicyclic) bond motifs is 1. The van der Waals surface area contributed by atoms with Crippen molar-refractivity contribution in [2.75, 3.05) is 0 Å². The summed E-state index contributed by atoms with van der Waals surface area (Å²) in [5.41, 5.74) is 6.05. The monoisotopic (exact) mass is 390 g/mol. The van der Waals surface area contributed by atoms with Crippen molar-refractivity contribution in [3.05, 3.63) is 119 Å². The third-order valence-corrected chi connectivity index (χ3v) is 5.33. The minimum atomic E-state index is -0.334. The van der Waals surface area contributed by atoms with E-state index >= 15 is 0 Å². The van der Waals surface area contributed by atoms with Gasteiger partial charge in [-0.05, 0) is 53.1 Å². The van der Waals surface area contributed by atoms with E-state index < -0.39 is 0 Å². The molecule has 0 fully saturated rings. The normalized spacial score (nSPS) is 10.9. The molecule has 0 N–H and O–H groups in total. The summed E-state index contributed by atoms with van der Waals surface area (Å²) in [5.74, 6) is 0. The molecule has 1 aromatic heterocycles. The smallest absolute Gasteiger partial charge is 0.277 e. The number of hydrogen-bond donors (Lipinski definition) is 0. The van der Waals surface area contributed by atoms with Gasteiger partial charge in [0.05, 0.1) is 16.0 Å². The van der Waals surface area contributed by atoms with E-state index in [1.807, 2.05) is 54.7 Å². The van der Waals surface area contributed by atoms with E-state index in [0.29, 0.717) is 5.56 Å². The number of rotatable bonds is 4. The molecule has 30 heavy (non-hydrogen) atoms. The first kappa shape index (κ1) is 17.9. The number of nitro groups is 1.